The highest BCUT2D eigenvalue weighted by Gasteiger charge is 2.36. The van der Waals surface area contributed by atoms with Crippen LogP contribution < -0.4 is 27.1 Å². The summed E-state index contributed by atoms with van der Waals surface area (Å²) < 4.78 is 0. The van der Waals surface area contributed by atoms with Gasteiger partial charge in [0.2, 0.25) is 0 Å². The molecule has 0 aliphatic carbocycles. The van der Waals surface area contributed by atoms with Crippen LogP contribution in [0, 0.1) is 5.92 Å². The average molecular weight is 379 g/mol. The smallest absolute Gasteiger partial charge is 0.273 e. The summed E-state index contributed by atoms with van der Waals surface area (Å²) in [7, 11) is 0. The second-order valence-electron chi connectivity index (χ2n) is 6.49. The molecule has 1 atom stereocenters. The van der Waals surface area contributed by atoms with Crippen molar-refractivity contribution >= 4 is 28.8 Å². The minimum atomic E-state index is -1.02. The number of hydrazine groups is 1. The molecule has 2 aromatic rings. The predicted molar refractivity (Wildman–Crippen MR) is 101 cm³/mol. The number of nitrogens with zero attached hydrogens (tertiary/aromatic N) is 3. The number of benzene rings is 1. The zero-order valence-electron chi connectivity index (χ0n) is 15.1. The molecule has 4 N–H and O–H groups in total. The van der Waals surface area contributed by atoms with E-state index in [1.54, 1.807) is 0 Å². The first-order chi connectivity index (χ1) is 13.5. The molecule has 0 amide bonds. The van der Waals surface area contributed by atoms with Crippen LogP contribution in [0.25, 0.3) is 5.57 Å². The molecule has 0 fully saturated rings. The number of Topliss-reactive ketones (excluding diaryl/α,β-unsaturated/α-hetero) is 2. The predicted octanol–water partition coefficient (Wildman–Crippen LogP) is -1.48. The lowest BCUT2D eigenvalue weighted by molar-refractivity contribution is -0.127. The SMILES string of the molecule is CC(=O)C(NNC1=NN=C2N=c3[nH][nH]c(=O)c3=C(c3ccccc3)C21)C(C)=O. The van der Waals surface area contributed by atoms with Gasteiger partial charge in [0.1, 0.15) is 12.0 Å². The normalized spacial score (nSPS) is 17.4. The van der Waals surface area contributed by atoms with E-state index in [2.05, 4.69) is 36.2 Å². The summed E-state index contributed by atoms with van der Waals surface area (Å²) in [5, 5.41) is 13.9. The van der Waals surface area contributed by atoms with Crippen molar-refractivity contribution in [3.63, 3.8) is 0 Å². The lowest BCUT2D eigenvalue weighted by Crippen LogP contribution is -2.54. The summed E-state index contributed by atoms with van der Waals surface area (Å²) in [6.45, 7) is 2.64. The van der Waals surface area contributed by atoms with Gasteiger partial charge in [-0.2, -0.15) is 0 Å². The molecular weight excluding hydrogens is 362 g/mol. The van der Waals surface area contributed by atoms with Crippen LogP contribution in [0.5, 0.6) is 0 Å². The van der Waals surface area contributed by atoms with E-state index >= 15 is 0 Å². The molecule has 10 nitrogen and oxygen atoms in total. The van der Waals surface area contributed by atoms with Gasteiger partial charge in [0.05, 0.1) is 5.22 Å². The van der Waals surface area contributed by atoms with Gasteiger partial charge in [-0.15, -0.1) is 10.2 Å². The lowest BCUT2D eigenvalue weighted by atomic mass is 9.88. The average Bonchev–Trinajstić information content (AvgIpc) is 3.24. The molecule has 142 valence electrons. The van der Waals surface area contributed by atoms with E-state index in [0.717, 1.165) is 5.56 Å². The van der Waals surface area contributed by atoms with Crippen molar-refractivity contribution < 1.29 is 9.59 Å². The highest BCUT2D eigenvalue weighted by Crippen LogP contribution is 2.27. The quantitative estimate of drug-likeness (QED) is 0.370. The number of carbonyl (C=O) groups is 2. The number of H-pyrrole nitrogens is 2. The van der Waals surface area contributed by atoms with Crippen molar-refractivity contribution in [1.82, 2.24) is 21.0 Å². The molecule has 28 heavy (non-hydrogen) atoms. The Kier molecular flexibility index (Phi) is 4.32. The molecule has 2 aliphatic heterocycles. The zero-order valence-corrected chi connectivity index (χ0v) is 15.1. The molecule has 10 heteroatoms. The zero-order chi connectivity index (χ0) is 19.8. The third-order valence-corrected chi connectivity index (χ3v) is 4.58. The number of ketones is 2. The van der Waals surface area contributed by atoms with Crippen LogP contribution >= 0.6 is 0 Å². The Bertz CT molecular complexity index is 1190. The van der Waals surface area contributed by atoms with Crippen LogP contribution in [0.1, 0.15) is 19.4 Å². The van der Waals surface area contributed by atoms with Crippen molar-refractivity contribution in [3.05, 3.63) is 57.0 Å². The first-order valence-electron chi connectivity index (χ1n) is 8.60. The molecule has 1 unspecified atom stereocenters. The van der Waals surface area contributed by atoms with Crippen LogP contribution in [-0.2, 0) is 9.59 Å². The molecule has 0 bridgehead atoms. The van der Waals surface area contributed by atoms with E-state index in [0.29, 0.717) is 28.0 Å². The van der Waals surface area contributed by atoms with Gasteiger partial charge in [0.15, 0.2) is 28.7 Å². The highest BCUT2D eigenvalue weighted by molar-refractivity contribution is 6.17. The lowest BCUT2D eigenvalue weighted by Gasteiger charge is -2.22. The summed E-state index contributed by atoms with van der Waals surface area (Å²) in [4.78, 5) is 40.1. The van der Waals surface area contributed by atoms with Crippen molar-refractivity contribution in [1.29, 1.82) is 0 Å². The Hall–Kier alpha value is -3.66. The van der Waals surface area contributed by atoms with Crippen LogP contribution in [0.2, 0.25) is 0 Å². The minimum Gasteiger partial charge on any atom is -0.306 e. The number of aromatic amines is 2. The van der Waals surface area contributed by atoms with Gasteiger partial charge in [-0.25, -0.2) is 10.4 Å². The van der Waals surface area contributed by atoms with Gasteiger partial charge >= 0.3 is 0 Å². The molecule has 0 spiro atoms. The number of nitrogens with one attached hydrogen (secondary N) is 4. The number of rotatable bonds is 5. The summed E-state index contributed by atoms with van der Waals surface area (Å²) in [5.74, 6) is -0.460. The molecule has 1 aromatic heterocycles. The maximum absolute atomic E-state index is 12.4. The van der Waals surface area contributed by atoms with Crippen LogP contribution in [0.3, 0.4) is 0 Å². The van der Waals surface area contributed by atoms with E-state index in [1.165, 1.54) is 13.8 Å². The Morgan fingerprint density at radius 1 is 1.07 bits per heavy atom. The van der Waals surface area contributed by atoms with Crippen LogP contribution in [-0.4, -0.2) is 39.5 Å². The third-order valence-electron chi connectivity index (χ3n) is 4.58. The van der Waals surface area contributed by atoms with E-state index in [1.807, 2.05) is 30.3 Å². The molecule has 1 aromatic carbocycles. The molecular formula is C18H17N7O3. The molecule has 0 saturated carbocycles. The number of fused-ring (bicyclic) bond motifs is 2. The molecule has 0 radical (unpaired) electrons. The molecule has 4 rings (SSSR count). The van der Waals surface area contributed by atoms with Crippen LogP contribution in [0.4, 0.5) is 0 Å². The number of hydrogen-bond acceptors (Lipinski definition) is 8. The van der Waals surface area contributed by atoms with E-state index in [-0.39, 0.29) is 17.1 Å². The minimum absolute atomic E-state index is 0.304. The van der Waals surface area contributed by atoms with E-state index < -0.39 is 12.0 Å². The third kappa shape index (κ3) is 2.89. The van der Waals surface area contributed by atoms with Gasteiger partial charge in [0, 0.05) is 0 Å². The summed E-state index contributed by atoms with van der Waals surface area (Å²) in [5.41, 5.74) is 7.09. The van der Waals surface area contributed by atoms with Crippen LogP contribution in [0.15, 0.2) is 50.3 Å². The second-order valence-corrected chi connectivity index (χ2v) is 6.49. The van der Waals surface area contributed by atoms with Gasteiger partial charge < -0.3 is 5.43 Å². The fourth-order valence-corrected chi connectivity index (χ4v) is 3.30. The Balaban J connectivity index is 1.78. The topological polar surface area (TPSA) is 144 Å². The van der Waals surface area contributed by atoms with Crippen molar-refractivity contribution in [3.8, 4) is 0 Å². The Morgan fingerprint density at radius 2 is 1.79 bits per heavy atom. The Morgan fingerprint density at radius 3 is 2.46 bits per heavy atom. The number of aromatic nitrogens is 2. The fourth-order valence-electron chi connectivity index (χ4n) is 3.30. The first kappa shape index (κ1) is 17.7. The monoisotopic (exact) mass is 379 g/mol. The Labute approximate surface area is 158 Å². The standard InChI is InChI=1S/C18H17N7O3/c1-8(26)14(9(2)27)20-23-17-12-11(10-6-4-3-5-7-10)13-16(22-25-18(13)28)19-15(12)21-24-17/h3-7,12,14,20H,1-2H3,(H,23,24)(H,25,28)(H,19,21,22). The number of amidine groups is 2. The fraction of sp³-hybridized carbons (Fsp3) is 0.222. The van der Waals surface area contributed by atoms with E-state index in [9.17, 15) is 14.4 Å². The van der Waals surface area contributed by atoms with Crippen molar-refractivity contribution in [2.24, 2.45) is 21.1 Å². The first-order valence-corrected chi connectivity index (χ1v) is 8.60. The maximum atomic E-state index is 12.4. The van der Waals surface area contributed by atoms with Gasteiger partial charge in [-0.1, -0.05) is 30.3 Å². The van der Waals surface area contributed by atoms with Crippen molar-refractivity contribution in [2.75, 3.05) is 0 Å². The van der Waals surface area contributed by atoms with E-state index in [4.69, 9.17) is 0 Å². The van der Waals surface area contributed by atoms with Gasteiger partial charge in [0.25, 0.3) is 5.56 Å². The van der Waals surface area contributed by atoms with Crippen molar-refractivity contribution in [2.45, 2.75) is 19.9 Å². The highest BCUT2D eigenvalue weighted by atomic mass is 16.2. The number of carbonyl (C=O) groups excluding carboxylic acids is 2. The maximum Gasteiger partial charge on any atom is 0.273 e. The number of hydrogen-bond donors (Lipinski definition) is 4. The summed E-state index contributed by atoms with van der Waals surface area (Å²) >= 11 is 0. The summed E-state index contributed by atoms with van der Waals surface area (Å²) in [6, 6.07) is 8.35. The molecule has 2 aliphatic rings. The summed E-state index contributed by atoms with van der Waals surface area (Å²) in [6.07, 6.45) is 0. The molecule has 0 saturated heterocycles. The van der Waals surface area contributed by atoms with Gasteiger partial charge in [-0.05, 0) is 25.0 Å². The second kappa shape index (κ2) is 6.82. The molecule has 3 heterocycles. The van der Waals surface area contributed by atoms with Gasteiger partial charge in [-0.3, -0.25) is 24.6 Å². The largest absolute Gasteiger partial charge is 0.306 e.